The number of ether oxygens (including phenoxy) is 1. The van der Waals surface area contributed by atoms with Crippen LogP contribution in [0.1, 0.15) is 17.5 Å². The van der Waals surface area contributed by atoms with Crippen LogP contribution in [0, 0.1) is 12.8 Å². The molecule has 0 aliphatic carbocycles. The van der Waals surface area contributed by atoms with Crippen molar-refractivity contribution >= 4 is 40.0 Å². The predicted octanol–water partition coefficient (Wildman–Crippen LogP) is 3.01. The summed E-state index contributed by atoms with van der Waals surface area (Å²) >= 11 is 0. The average Bonchev–Trinajstić information content (AvgIpc) is 3.23. The standard InChI is InChI=1S/C23H32N4O3S.HI/c1-19-8-10-22(11-9-19)31(28,29)26-14-13-25-23(24-2)27-15-12-21(16-27)18-30-17-20-6-4-3-5-7-20;/h3-11,21,26H,12-18H2,1-2H3,(H,24,25);1H. The molecule has 1 heterocycles. The lowest BCUT2D eigenvalue weighted by Gasteiger charge is -2.22. The minimum absolute atomic E-state index is 0. The summed E-state index contributed by atoms with van der Waals surface area (Å²) < 4.78 is 33.3. The van der Waals surface area contributed by atoms with Crippen molar-refractivity contribution in [1.82, 2.24) is 14.9 Å². The minimum Gasteiger partial charge on any atom is -0.376 e. The van der Waals surface area contributed by atoms with Gasteiger partial charge in [0.05, 0.1) is 18.1 Å². The lowest BCUT2D eigenvalue weighted by molar-refractivity contribution is 0.0907. The molecule has 2 aromatic carbocycles. The number of hydrogen-bond donors (Lipinski definition) is 2. The van der Waals surface area contributed by atoms with Crippen LogP contribution >= 0.6 is 24.0 Å². The summed E-state index contributed by atoms with van der Waals surface area (Å²) in [6, 6.07) is 17.0. The van der Waals surface area contributed by atoms with E-state index >= 15 is 0 Å². The molecule has 1 fully saturated rings. The van der Waals surface area contributed by atoms with Crippen molar-refractivity contribution in [3.8, 4) is 0 Å². The summed E-state index contributed by atoms with van der Waals surface area (Å²) in [5.74, 6) is 1.25. The lowest BCUT2D eigenvalue weighted by Crippen LogP contribution is -2.43. The molecule has 2 aromatic rings. The quantitative estimate of drug-likeness (QED) is 0.209. The Labute approximate surface area is 208 Å². The molecule has 1 unspecified atom stereocenters. The molecule has 0 radical (unpaired) electrons. The molecule has 3 rings (SSSR count). The Morgan fingerprint density at radius 2 is 1.84 bits per heavy atom. The molecule has 7 nitrogen and oxygen atoms in total. The van der Waals surface area contributed by atoms with Crippen LogP contribution in [-0.4, -0.2) is 59.1 Å². The van der Waals surface area contributed by atoms with Gasteiger partial charge in [-0.05, 0) is 31.0 Å². The number of rotatable bonds is 9. The largest absolute Gasteiger partial charge is 0.376 e. The highest BCUT2D eigenvalue weighted by Gasteiger charge is 2.25. The predicted molar refractivity (Wildman–Crippen MR) is 139 cm³/mol. The number of guanidine groups is 1. The molecule has 2 N–H and O–H groups in total. The summed E-state index contributed by atoms with van der Waals surface area (Å²) in [5.41, 5.74) is 2.21. The number of benzene rings is 2. The van der Waals surface area contributed by atoms with Gasteiger partial charge in [0.1, 0.15) is 0 Å². The van der Waals surface area contributed by atoms with Gasteiger partial charge in [0, 0.05) is 39.1 Å². The molecule has 0 aromatic heterocycles. The first-order valence-corrected chi connectivity index (χ1v) is 12.1. The fourth-order valence-electron chi connectivity index (χ4n) is 3.57. The molecule has 9 heteroatoms. The monoisotopic (exact) mass is 572 g/mol. The third-order valence-corrected chi connectivity index (χ3v) is 6.77. The summed E-state index contributed by atoms with van der Waals surface area (Å²) in [6.45, 7) is 5.82. The highest BCUT2D eigenvalue weighted by molar-refractivity contribution is 14.0. The number of halogens is 1. The van der Waals surface area contributed by atoms with Gasteiger partial charge in [0.2, 0.25) is 10.0 Å². The Hall–Kier alpha value is -1.69. The molecule has 0 saturated carbocycles. The Morgan fingerprint density at radius 3 is 2.53 bits per heavy atom. The fourth-order valence-corrected chi connectivity index (χ4v) is 4.60. The van der Waals surface area contributed by atoms with Gasteiger partial charge in [0.15, 0.2) is 5.96 Å². The summed E-state index contributed by atoms with van der Waals surface area (Å²) in [4.78, 5) is 6.83. The van der Waals surface area contributed by atoms with Crippen LogP contribution in [-0.2, 0) is 21.4 Å². The lowest BCUT2D eigenvalue weighted by atomic mass is 10.1. The first-order valence-electron chi connectivity index (χ1n) is 10.6. The van der Waals surface area contributed by atoms with Crippen molar-refractivity contribution in [2.45, 2.75) is 24.8 Å². The van der Waals surface area contributed by atoms with E-state index in [1.165, 1.54) is 5.56 Å². The number of aliphatic imine (C=N–C) groups is 1. The number of hydrogen-bond acceptors (Lipinski definition) is 4. The maximum Gasteiger partial charge on any atom is 0.240 e. The van der Waals surface area contributed by atoms with Gasteiger partial charge in [0.25, 0.3) is 0 Å². The highest BCUT2D eigenvalue weighted by atomic mass is 127. The maximum absolute atomic E-state index is 12.4. The van der Waals surface area contributed by atoms with E-state index in [2.05, 4.69) is 32.1 Å². The van der Waals surface area contributed by atoms with E-state index < -0.39 is 10.0 Å². The maximum atomic E-state index is 12.4. The number of likely N-dealkylation sites (tertiary alicyclic amines) is 1. The highest BCUT2D eigenvalue weighted by Crippen LogP contribution is 2.17. The van der Waals surface area contributed by atoms with Crippen molar-refractivity contribution < 1.29 is 13.2 Å². The normalized spacial score (nSPS) is 16.6. The third kappa shape index (κ3) is 8.02. The molecule has 1 saturated heterocycles. The number of sulfonamides is 1. The zero-order valence-electron chi connectivity index (χ0n) is 18.7. The topological polar surface area (TPSA) is 83.0 Å². The van der Waals surface area contributed by atoms with Gasteiger partial charge in [-0.15, -0.1) is 24.0 Å². The van der Waals surface area contributed by atoms with Gasteiger partial charge in [-0.3, -0.25) is 4.99 Å². The fraction of sp³-hybridized carbons (Fsp3) is 0.435. The van der Waals surface area contributed by atoms with Gasteiger partial charge in [-0.2, -0.15) is 0 Å². The second-order valence-electron chi connectivity index (χ2n) is 7.79. The van der Waals surface area contributed by atoms with E-state index in [1.54, 1.807) is 31.3 Å². The average molecular weight is 573 g/mol. The minimum atomic E-state index is -3.50. The molecule has 1 atom stereocenters. The zero-order chi connectivity index (χ0) is 22.1. The van der Waals surface area contributed by atoms with Gasteiger partial charge in [-0.25, -0.2) is 13.1 Å². The number of nitrogens with one attached hydrogen (secondary N) is 2. The Balaban J connectivity index is 0.00000363. The molecule has 1 aliphatic heterocycles. The van der Waals surface area contributed by atoms with Crippen LogP contribution in [0.2, 0.25) is 0 Å². The van der Waals surface area contributed by atoms with Gasteiger partial charge in [-0.1, -0.05) is 48.0 Å². The van der Waals surface area contributed by atoms with Crippen LogP contribution in [0.5, 0.6) is 0 Å². The van der Waals surface area contributed by atoms with Gasteiger partial charge < -0.3 is 15.0 Å². The Kier molecular flexibility index (Phi) is 10.9. The molecule has 0 bridgehead atoms. The van der Waals surface area contributed by atoms with E-state index in [4.69, 9.17) is 4.74 Å². The van der Waals surface area contributed by atoms with Crippen molar-refractivity contribution in [3.63, 3.8) is 0 Å². The number of aryl methyl sites for hydroxylation is 1. The Bertz CT molecular complexity index is 953. The first kappa shape index (κ1) is 26.6. The summed E-state index contributed by atoms with van der Waals surface area (Å²) in [5, 5.41) is 3.26. The number of nitrogens with zero attached hydrogens (tertiary/aromatic N) is 2. The molecule has 0 amide bonds. The van der Waals surface area contributed by atoms with E-state index in [0.29, 0.717) is 19.1 Å². The second kappa shape index (κ2) is 13.1. The van der Waals surface area contributed by atoms with E-state index in [-0.39, 0.29) is 35.4 Å². The SMILES string of the molecule is CN=C(NCCNS(=O)(=O)c1ccc(C)cc1)N1CCC(COCc2ccccc2)C1.I. The molecule has 176 valence electrons. The molecular weight excluding hydrogens is 539 g/mol. The van der Waals surface area contributed by atoms with Crippen LogP contribution in [0.15, 0.2) is 64.5 Å². The summed E-state index contributed by atoms with van der Waals surface area (Å²) in [6.07, 6.45) is 1.05. The molecule has 0 spiro atoms. The smallest absolute Gasteiger partial charge is 0.240 e. The molecular formula is C23H33IN4O3S. The van der Waals surface area contributed by atoms with Crippen molar-refractivity contribution in [2.75, 3.05) is 39.8 Å². The van der Waals surface area contributed by atoms with Crippen LogP contribution < -0.4 is 10.0 Å². The van der Waals surface area contributed by atoms with E-state index in [0.717, 1.165) is 37.6 Å². The van der Waals surface area contributed by atoms with Crippen LogP contribution in [0.4, 0.5) is 0 Å². The van der Waals surface area contributed by atoms with Crippen molar-refractivity contribution in [1.29, 1.82) is 0 Å². The van der Waals surface area contributed by atoms with E-state index in [1.807, 2.05) is 25.1 Å². The third-order valence-electron chi connectivity index (χ3n) is 5.29. The molecule has 1 aliphatic rings. The molecule has 32 heavy (non-hydrogen) atoms. The zero-order valence-corrected chi connectivity index (χ0v) is 21.8. The van der Waals surface area contributed by atoms with Crippen LogP contribution in [0.3, 0.4) is 0 Å². The van der Waals surface area contributed by atoms with Crippen LogP contribution in [0.25, 0.3) is 0 Å². The van der Waals surface area contributed by atoms with E-state index in [9.17, 15) is 8.42 Å². The Morgan fingerprint density at radius 1 is 1.12 bits per heavy atom. The van der Waals surface area contributed by atoms with Crippen molar-refractivity contribution in [2.24, 2.45) is 10.9 Å². The van der Waals surface area contributed by atoms with Crippen molar-refractivity contribution in [3.05, 3.63) is 65.7 Å². The van der Waals surface area contributed by atoms with Gasteiger partial charge >= 0.3 is 0 Å². The second-order valence-corrected chi connectivity index (χ2v) is 9.55. The first-order chi connectivity index (χ1) is 15.0. The summed E-state index contributed by atoms with van der Waals surface area (Å²) in [7, 11) is -1.75.